The molecule has 41 heavy (non-hydrogen) atoms. The molecule has 0 radical (unpaired) electrons. The Hall–Kier alpha value is -3.34. The first-order valence-corrected chi connectivity index (χ1v) is 13.8. The third kappa shape index (κ3) is 7.30. The van der Waals surface area contributed by atoms with Crippen LogP contribution < -0.4 is 4.74 Å². The molecule has 1 saturated carbocycles. The molecule has 0 N–H and O–H groups in total. The van der Waals surface area contributed by atoms with Crippen molar-refractivity contribution in [1.82, 2.24) is 9.80 Å². The maximum atomic E-state index is 13.8. The van der Waals surface area contributed by atoms with Gasteiger partial charge < -0.3 is 19.1 Å². The summed E-state index contributed by atoms with van der Waals surface area (Å²) in [5.74, 6) is -1.52. The molecule has 1 aliphatic heterocycles. The van der Waals surface area contributed by atoms with E-state index in [9.17, 15) is 27.2 Å². The van der Waals surface area contributed by atoms with E-state index in [2.05, 4.69) is 0 Å². The molecule has 3 atom stereocenters. The lowest BCUT2D eigenvalue weighted by Crippen LogP contribution is -2.54. The average Bonchev–Trinajstić information content (AvgIpc) is 3.29. The Morgan fingerprint density at radius 1 is 1.02 bits per heavy atom. The number of halogens is 4. The van der Waals surface area contributed by atoms with Crippen molar-refractivity contribution in [2.45, 2.75) is 81.9 Å². The highest BCUT2D eigenvalue weighted by Gasteiger charge is 2.51. The van der Waals surface area contributed by atoms with Gasteiger partial charge in [0.15, 0.2) is 0 Å². The van der Waals surface area contributed by atoms with Crippen molar-refractivity contribution in [3.05, 3.63) is 65.5 Å². The number of hydrogen-bond acceptors (Lipinski definition) is 5. The molecule has 2 aliphatic rings. The van der Waals surface area contributed by atoms with E-state index in [4.69, 9.17) is 14.2 Å². The van der Waals surface area contributed by atoms with Crippen LogP contribution in [-0.2, 0) is 20.8 Å². The number of nitrogens with zero attached hydrogens (tertiary/aromatic N) is 2. The number of rotatable bonds is 8. The Labute approximate surface area is 237 Å². The molecule has 7 nitrogen and oxygen atoms in total. The zero-order chi connectivity index (χ0) is 29.7. The number of alkyl halides is 3. The minimum Gasteiger partial charge on any atom is -0.497 e. The molecule has 2 fully saturated rings. The first-order valence-electron chi connectivity index (χ1n) is 13.8. The molecule has 0 spiro atoms. The van der Waals surface area contributed by atoms with E-state index in [0.717, 1.165) is 23.3 Å². The Morgan fingerprint density at radius 3 is 2.29 bits per heavy atom. The van der Waals surface area contributed by atoms with E-state index in [1.807, 2.05) is 6.07 Å². The van der Waals surface area contributed by atoms with Crippen LogP contribution in [-0.4, -0.2) is 73.0 Å². The van der Waals surface area contributed by atoms with Crippen LogP contribution in [0.4, 0.5) is 22.4 Å². The quantitative estimate of drug-likeness (QED) is 0.355. The number of methoxy groups -OCH3 is 2. The zero-order valence-electron chi connectivity index (χ0n) is 23.4. The number of carbonyl (C=O) groups is 2. The maximum Gasteiger partial charge on any atom is 0.471 e. The summed E-state index contributed by atoms with van der Waals surface area (Å²) >= 11 is 0. The molecule has 1 saturated heterocycles. The van der Waals surface area contributed by atoms with Crippen LogP contribution in [0.2, 0.25) is 0 Å². The van der Waals surface area contributed by atoms with Crippen molar-refractivity contribution in [3.8, 4) is 5.75 Å². The van der Waals surface area contributed by atoms with Crippen LogP contribution in [0.1, 0.15) is 56.1 Å². The molecule has 0 unspecified atom stereocenters. The molecular weight excluding hydrogens is 544 g/mol. The lowest BCUT2D eigenvalue weighted by Gasteiger charge is -2.37. The minimum absolute atomic E-state index is 0.0519. The van der Waals surface area contributed by atoms with Crippen LogP contribution in [0.15, 0.2) is 48.5 Å². The molecule has 0 aromatic heterocycles. The zero-order valence-corrected chi connectivity index (χ0v) is 23.4. The molecule has 11 heteroatoms. The lowest BCUT2D eigenvalue weighted by molar-refractivity contribution is -0.189. The Morgan fingerprint density at radius 2 is 1.71 bits per heavy atom. The third-order valence-corrected chi connectivity index (χ3v) is 8.16. The van der Waals surface area contributed by atoms with Gasteiger partial charge in [-0.1, -0.05) is 24.3 Å². The van der Waals surface area contributed by atoms with E-state index < -0.39 is 36.3 Å². The van der Waals surface area contributed by atoms with Crippen molar-refractivity contribution < 1.29 is 41.4 Å². The molecular formula is C30H36F4N2O5. The summed E-state index contributed by atoms with van der Waals surface area (Å²) in [6, 6.07) is 10.7. The van der Waals surface area contributed by atoms with Gasteiger partial charge in [0.2, 0.25) is 0 Å². The fourth-order valence-electron chi connectivity index (χ4n) is 6.07. The predicted molar refractivity (Wildman–Crippen MR) is 143 cm³/mol. The van der Waals surface area contributed by atoms with Gasteiger partial charge in [-0.05, 0) is 80.3 Å². The summed E-state index contributed by atoms with van der Waals surface area (Å²) in [5.41, 5.74) is 1.42. The Bertz CT molecular complexity index is 1180. The van der Waals surface area contributed by atoms with Crippen LogP contribution in [0.5, 0.6) is 5.75 Å². The fourth-order valence-corrected chi connectivity index (χ4v) is 6.07. The molecule has 1 aliphatic carbocycles. The van der Waals surface area contributed by atoms with Crippen molar-refractivity contribution in [2.24, 2.45) is 0 Å². The fraction of sp³-hybridized carbons (Fsp3) is 0.533. The van der Waals surface area contributed by atoms with E-state index in [-0.39, 0.29) is 37.4 Å². The van der Waals surface area contributed by atoms with Gasteiger partial charge in [-0.25, -0.2) is 9.18 Å². The van der Waals surface area contributed by atoms with Crippen molar-refractivity contribution in [2.75, 3.05) is 20.8 Å². The first-order chi connectivity index (χ1) is 19.5. The summed E-state index contributed by atoms with van der Waals surface area (Å²) in [7, 11) is 2.69. The molecule has 224 valence electrons. The highest BCUT2D eigenvalue weighted by molar-refractivity contribution is 5.82. The summed E-state index contributed by atoms with van der Waals surface area (Å²) < 4.78 is 71.5. The van der Waals surface area contributed by atoms with Gasteiger partial charge in [0.25, 0.3) is 0 Å². The minimum atomic E-state index is -5.10. The highest BCUT2D eigenvalue weighted by Crippen LogP contribution is 2.37. The molecule has 2 aromatic carbocycles. The standard InChI is InChI=1S/C30H36F4N2O5/c1-19-15-26(35(28(37)30(32,33)34)17-20-7-11-24(39-2)12-8-20)27(36(19)29(38)40-3)18-41-25-13-9-21(10-14-25)22-5-4-6-23(31)16-22/h4-8,11-12,16,19,21,25-27H,9-10,13-15,17-18H2,1-3H3/t19-,21?,25?,26+,27+/m1/s1. The van der Waals surface area contributed by atoms with Crippen LogP contribution in [0.25, 0.3) is 0 Å². The number of carbonyl (C=O) groups excluding carboxylic acids is 2. The normalized spacial score (nSPS) is 24.7. The third-order valence-electron chi connectivity index (χ3n) is 8.16. The monoisotopic (exact) mass is 580 g/mol. The lowest BCUT2D eigenvalue weighted by atomic mass is 9.82. The van der Waals surface area contributed by atoms with Gasteiger partial charge >= 0.3 is 18.2 Å². The van der Waals surface area contributed by atoms with Crippen molar-refractivity contribution >= 4 is 12.0 Å². The number of amides is 2. The van der Waals surface area contributed by atoms with Crippen molar-refractivity contribution in [1.29, 1.82) is 0 Å². The van der Waals surface area contributed by atoms with Gasteiger partial charge in [-0.2, -0.15) is 13.2 Å². The van der Waals surface area contributed by atoms with Crippen LogP contribution >= 0.6 is 0 Å². The van der Waals surface area contributed by atoms with E-state index >= 15 is 0 Å². The SMILES string of the molecule is COC(=O)N1[C@H](C)C[C@H](N(Cc2ccc(OC)cc2)C(=O)C(F)(F)F)[C@@H]1COC1CCC(c2cccc(F)c2)CC1. The molecule has 2 aromatic rings. The smallest absolute Gasteiger partial charge is 0.471 e. The van der Waals surface area contributed by atoms with Crippen LogP contribution in [0, 0.1) is 5.82 Å². The van der Waals surface area contributed by atoms with Gasteiger partial charge in [0, 0.05) is 12.6 Å². The summed E-state index contributed by atoms with van der Waals surface area (Å²) in [6.45, 7) is 1.37. The maximum absolute atomic E-state index is 13.8. The van der Waals surface area contributed by atoms with E-state index in [1.165, 1.54) is 25.2 Å². The van der Waals surface area contributed by atoms with Gasteiger partial charge in [-0.3, -0.25) is 9.69 Å². The van der Waals surface area contributed by atoms with Crippen molar-refractivity contribution in [3.63, 3.8) is 0 Å². The second-order valence-corrected chi connectivity index (χ2v) is 10.7. The van der Waals surface area contributed by atoms with Gasteiger partial charge in [0.1, 0.15) is 11.6 Å². The summed E-state index contributed by atoms with van der Waals surface area (Å²) in [4.78, 5) is 27.7. The first kappa shape index (κ1) is 30.6. The number of likely N-dealkylation sites (tertiary alicyclic amines) is 1. The highest BCUT2D eigenvalue weighted by atomic mass is 19.4. The molecule has 0 bridgehead atoms. The predicted octanol–water partition coefficient (Wildman–Crippen LogP) is 6.07. The van der Waals surface area contributed by atoms with Gasteiger partial charge in [-0.15, -0.1) is 0 Å². The summed E-state index contributed by atoms with van der Waals surface area (Å²) in [6.07, 6.45) is -2.92. The topological polar surface area (TPSA) is 68.3 Å². The number of benzene rings is 2. The molecule has 2 amide bonds. The number of hydrogen-bond donors (Lipinski definition) is 0. The Kier molecular flexibility index (Phi) is 9.78. The number of ether oxygens (including phenoxy) is 3. The average molecular weight is 581 g/mol. The van der Waals surface area contributed by atoms with Gasteiger partial charge in [0.05, 0.1) is 39.0 Å². The second-order valence-electron chi connectivity index (χ2n) is 10.7. The van der Waals surface area contributed by atoms with E-state index in [0.29, 0.717) is 24.2 Å². The summed E-state index contributed by atoms with van der Waals surface area (Å²) in [5, 5.41) is 0. The largest absolute Gasteiger partial charge is 0.497 e. The Balaban J connectivity index is 1.52. The molecule has 4 rings (SSSR count). The van der Waals surface area contributed by atoms with E-state index in [1.54, 1.807) is 43.3 Å². The molecule has 1 heterocycles. The van der Waals surface area contributed by atoms with Crippen LogP contribution in [0.3, 0.4) is 0 Å². The second kappa shape index (κ2) is 13.1.